The Balaban J connectivity index is 2.16. The summed E-state index contributed by atoms with van der Waals surface area (Å²) in [6.07, 6.45) is 1.78. The van der Waals surface area contributed by atoms with Gasteiger partial charge in [-0.05, 0) is 13.0 Å². The van der Waals surface area contributed by atoms with Gasteiger partial charge in [0.15, 0.2) is 0 Å². The fourth-order valence-electron chi connectivity index (χ4n) is 1.09. The summed E-state index contributed by atoms with van der Waals surface area (Å²) in [6.45, 7) is 1.88. The predicted molar refractivity (Wildman–Crippen MR) is 58.3 cm³/mol. The van der Waals surface area contributed by atoms with Crippen LogP contribution in [-0.4, -0.2) is 38.4 Å². The number of aryl methyl sites for hydroxylation is 1. The fraction of sp³-hybridized carbons (Fsp3) is 0.333. The van der Waals surface area contributed by atoms with Crippen molar-refractivity contribution < 1.29 is 9.53 Å². The first kappa shape index (κ1) is 10.9. The summed E-state index contributed by atoms with van der Waals surface area (Å²) in [5.74, 6) is 0.437. The molecule has 2 rings (SSSR count). The number of methoxy groups -OCH3 is 1. The Morgan fingerprint density at radius 3 is 3.12 bits per heavy atom. The molecule has 2 aromatic heterocycles. The standard InChI is InChI=1S/C9H10N4O2S/c1-6-3-4-13-8(10-6)11-9(12-13)16-5-7(14)15-2/h3-4H,5H2,1-2H3. The molecule has 16 heavy (non-hydrogen) atoms. The van der Waals surface area contributed by atoms with E-state index in [0.717, 1.165) is 5.69 Å². The van der Waals surface area contributed by atoms with Gasteiger partial charge >= 0.3 is 5.97 Å². The highest BCUT2D eigenvalue weighted by molar-refractivity contribution is 7.99. The zero-order valence-electron chi connectivity index (χ0n) is 8.88. The van der Waals surface area contributed by atoms with Crippen molar-refractivity contribution in [1.29, 1.82) is 0 Å². The Morgan fingerprint density at radius 1 is 1.56 bits per heavy atom. The lowest BCUT2D eigenvalue weighted by Crippen LogP contribution is -2.03. The Hall–Kier alpha value is -1.63. The molecule has 0 saturated carbocycles. The molecule has 0 aliphatic heterocycles. The Morgan fingerprint density at radius 2 is 2.38 bits per heavy atom. The van der Waals surface area contributed by atoms with Crippen LogP contribution in [0, 0.1) is 6.92 Å². The van der Waals surface area contributed by atoms with Crippen molar-refractivity contribution in [3.05, 3.63) is 18.0 Å². The highest BCUT2D eigenvalue weighted by atomic mass is 32.2. The Bertz CT molecular complexity index is 525. The SMILES string of the molecule is COC(=O)CSc1nc2nc(C)ccn2n1. The van der Waals surface area contributed by atoms with Gasteiger partial charge in [-0.2, -0.15) is 4.98 Å². The first-order chi connectivity index (χ1) is 7.69. The molecule has 0 amide bonds. The van der Waals surface area contributed by atoms with Crippen LogP contribution in [0.25, 0.3) is 5.78 Å². The van der Waals surface area contributed by atoms with Crippen LogP contribution in [0.15, 0.2) is 17.4 Å². The third-order valence-corrected chi connectivity index (χ3v) is 2.69. The van der Waals surface area contributed by atoms with Crippen LogP contribution < -0.4 is 0 Å². The van der Waals surface area contributed by atoms with Gasteiger partial charge in [-0.25, -0.2) is 9.50 Å². The highest BCUT2D eigenvalue weighted by Crippen LogP contribution is 2.13. The Kier molecular flexibility index (Phi) is 3.04. The van der Waals surface area contributed by atoms with Gasteiger partial charge in [0.05, 0.1) is 12.9 Å². The van der Waals surface area contributed by atoms with Crippen LogP contribution in [0.4, 0.5) is 0 Å². The monoisotopic (exact) mass is 238 g/mol. The van der Waals surface area contributed by atoms with Gasteiger partial charge in [-0.15, -0.1) is 5.10 Å². The fourth-order valence-corrected chi connectivity index (χ4v) is 1.75. The second kappa shape index (κ2) is 4.48. The van der Waals surface area contributed by atoms with Crippen molar-refractivity contribution in [1.82, 2.24) is 19.6 Å². The maximum atomic E-state index is 10.9. The van der Waals surface area contributed by atoms with E-state index in [1.54, 1.807) is 10.7 Å². The average molecular weight is 238 g/mol. The van der Waals surface area contributed by atoms with E-state index in [-0.39, 0.29) is 11.7 Å². The van der Waals surface area contributed by atoms with E-state index in [2.05, 4.69) is 19.8 Å². The van der Waals surface area contributed by atoms with Crippen molar-refractivity contribution in [3.63, 3.8) is 0 Å². The van der Waals surface area contributed by atoms with Crippen LogP contribution >= 0.6 is 11.8 Å². The molecule has 0 fully saturated rings. The molecule has 0 saturated heterocycles. The zero-order chi connectivity index (χ0) is 11.5. The van der Waals surface area contributed by atoms with Gasteiger partial charge in [0.1, 0.15) is 0 Å². The number of esters is 1. The van der Waals surface area contributed by atoms with Crippen molar-refractivity contribution in [2.45, 2.75) is 12.1 Å². The number of ether oxygens (including phenoxy) is 1. The van der Waals surface area contributed by atoms with Crippen molar-refractivity contribution in [2.24, 2.45) is 0 Å². The van der Waals surface area contributed by atoms with Gasteiger partial charge in [-0.1, -0.05) is 11.8 Å². The van der Waals surface area contributed by atoms with E-state index in [1.165, 1.54) is 18.9 Å². The van der Waals surface area contributed by atoms with E-state index in [4.69, 9.17) is 0 Å². The lowest BCUT2D eigenvalue weighted by atomic mass is 10.5. The van der Waals surface area contributed by atoms with Crippen LogP contribution in [0.3, 0.4) is 0 Å². The number of hydrogen-bond donors (Lipinski definition) is 0. The van der Waals surface area contributed by atoms with Crippen LogP contribution in [0.2, 0.25) is 0 Å². The summed E-state index contributed by atoms with van der Waals surface area (Å²) < 4.78 is 6.10. The minimum atomic E-state index is -0.298. The number of carbonyl (C=O) groups is 1. The topological polar surface area (TPSA) is 69.4 Å². The van der Waals surface area contributed by atoms with Crippen molar-refractivity contribution in [2.75, 3.05) is 12.9 Å². The summed E-state index contributed by atoms with van der Waals surface area (Å²) in [5, 5.41) is 4.68. The van der Waals surface area contributed by atoms with E-state index < -0.39 is 0 Å². The molecule has 0 spiro atoms. The summed E-state index contributed by atoms with van der Waals surface area (Å²) in [5.41, 5.74) is 0.879. The third-order valence-electron chi connectivity index (χ3n) is 1.87. The molecule has 0 bridgehead atoms. The summed E-state index contributed by atoms with van der Waals surface area (Å²) in [4.78, 5) is 19.3. The molecule has 6 nitrogen and oxygen atoms in total. The van der Waals surface area contributed by atoms with E-state index in [1.807, 2.05) is 13.0 Å². The number of carbonyl (C=O) groups excluding carboxylic acids is 1. The van der Waals surface area contributed by atoms with Gasteiger partial charge in [0.25, 0.3) is 5.78 Å². The second-order valence-corrected chi connectivity index (χ2v) is 4.02. The summed E-state index contributed by atoms with van der Waals surface area (Å²) in [7, 11) is 1.35. The number of fused-ring (bicyclic) bond motifs is 1. The van der Waals surface area contributed by atoms with Crippen LogP contribution in [0.5, 0.6) is 0 Å². The Labute approximate surface area is 96.0 Å². The lowest BCUT2D eigenvalue weighted by Gasteiger charge is -1.93. The number of thioether (sulfide) groups is 1. The highest BCUT2D eigenvalue weighted by Gasteiger charge is 2.08. The second-order valence-electron chi connectivity index (χ2n) is 3.07. The molecule has 2 heterocycles. The lowest BCUT2D eigenvalue weighted by molar-refractivity contribution is -0.137. The molecule has 0 N–H and O–H groups in total. The van der Waals surface area contributed by atoms with Gasteiger partial charge in [-0.3, -0.25) is 4.79 Å². The van der Waals surface area contributed by atoms with E-state index in [9.17, 15) is 4.79 Å². The molecule has 0 aliphatic rings. The first-order valence-corrected chi connectivity index (χ1v) is 5.57. The number of hydrogen-bond acceptors (Lipinski definition) is 6. The molecule has 0 atom stereocenters. The summed E-state index contributed by atoms with van der Waals surface area (Å²) in [6, 6.07) is 1.84. The maximum Gasteiger partial charge on any atom is 0.316 e. The maximum absolute atomic E-state index is 10.9. The van der Waals surface area contributed by atoms with E-state index >= 15 is 0 Å². The minimum Gasteiger partial charge on any atom is -0.468 e. The zero-order valence-corrected chi connectivity index (χ0v) is 9.69. The molecule has 2 aromatic rings. The first-order valence-electron chi connectivity index (χ1n) is 4.58. The minimum absolute atomic E-state index is 0.201. The smallest absolute Gasteiger partial charge is 0.316 e. The molecule has 84 valence electrons. The number of rotatable bonds is 3. The van der Waals surface area contributed by atoms with Crippen LogP contribution in [-0.2, 0) is 9.53 Å². The molecular weight excluding hydrogens is 228 g/mol. The van der Waals surface area contributed by atoms with Crippen molar-refractivity contribution >= 4 is 23.5 Å². The number of nitrogens with zero attached hydrogens (tertiary/aromatic N) is 4. The quantitative estimate of drug-likeness (QED) is 0.579. The molecule has 7 heteroatoms. The summed E-state index contributed by atoms with van der Waals surface area (Å²) >= 11 is 1.23. The molecular formula is C9H10N4O2S. The largest absolute Gasteiger partial charge is 0.468 e. The van der Waals surface area contributed by atoms with Gasteiger partial charge in [0.2, 0.25) is 5.16 Å². The third kappa shape index (κ3) is 2.30. The van der Waals surface area contributed by atoms with Crippen LogP contribution in [0.1, 0.15) is 5.69 Å². The molecule has 0 aliphatic carbocycles. The molecule has 0 aromatic carbocycles. The molecule has 0 radical (unpaired) electrons. The van der Waals surface area contributed by atoms with Gasteiger partial charge in [0, 0.05) is 11.9 Å². The number of aromatic nitrogens is 4. The average Bonchev–Trinajstić information content (AvgIpc) is 2.67. The normalized spacial score (nSPS) is 10.6. The van der Waals surface area contributed by atoms with Gasteiger partial charge < -0.3 is 4.74 Å². The predicted octanol–water partition coefficient (Wildman–Crippen LogP) is 0.698. The molecule has 0 unspecified atom stereocenters. The van der Waals surface area contributed by atoms with Crippen molar-refractivity contribution in [3.8, 4) is 0 Å². The van der Waals surface area contributed by atoms with E-state index in [0.29, 0.717) is 10.9 Å².